The summed E-state index contributed by atoms with van der Waals surface area (Å²) in [7, 11) is 1.50. The van der Waals surface area contributed by atoms with Crippen LogP contribution in [0.2, 0.25) is 10.0 Å². The molecule has 6 heteroatoms. The van der Waals surface area contributed by atoms with Gasteiger partial charge in [-0.3, -0.25) is 9.48 Å². The molecule has 0 aliphatic rings. The maximum Gasteiger partial charge on any atom is 0.216 e. The molecule has 1 aromatic heterocycles. The van der Waals surface area contributed by atoms with E-state index in [4.69, 9.17) is 27.9 Å². The van der Waals surface area contributed by atoms with Gasteiger partial charge in [0.2, 0.25) is 5.78 Å². The van der Waals surface area contributed by atoms with Gasteiger partial charge in [0.05, 0.1) is 23.9 Å². The normalized spacial score (nSPS) is 10.5. The van der Waals surface area contributed by atoms with Crippen LogP contribution >= 0.6 is 23.2 Å². The molecule has 2 aromatic rings. The number of rotatable bonds is 4. The number of benzene rings is 1. The molecule has 0 N–H and O–H groups in total. The van der Waals surface area contributed by atoms with Crippen molar-refractivity contribution in [2.75, 3.05) is 7.11 Å². The van der Waals surface area contributed by atoms with E-state index in [9.17, 15) is 4.79 Å². The Morgan fingerprint density at radius 3 is 2.79 bits per heavy atom. The van der Waals surface area contributed by atoms with Crippen molar-refractivity contribution < 1.29 is 9.53 Å². The summed E-state index contributed by atoms with van der Waals surface area (Å²) in [6.07, 6.45) is 1.45. The van der Waals surface area contributed by atoms with Crippen LogP contribution in [0.5, 0.6) is 5.75 Å². The Kier molecular flexibility index (Phi) is 4.12. The average Bonchev–Trinajstić information content (AvgIpc) is 2.79. The van der Waals surface area contributed by atoms with E-state index in [2.05, 4.69) is 5.10 Å². The third kappa shape index (κ3) is 2.60. The highest BCUT2D eigenvalue weighted by atomic mass is 35.5. The lowest BCUT2D eigenvalue weighted by Gasteiger charge is -2.09. The summed E-state index contributed by atoms with van der Waals surface area (Å²) in [4.78, 5) is 12.6. The number of methoxy groups -OCH3 is 1. The fourth-order valence-corrected chi connectivity index (χ4v) is 2.21. The second kappa shape index (κ2) is 5.63. The van der Waals surface area contributed by atoms with Gasteiger partial charge in [-0.1, -0.05) is 23.2 Å². The highest BCUT2D eigenvalue weighted by Crippen LogP contribution is 2.27. The van der Waals surface area contributed by atoms with Crippen molar-refractivity contribution in [1.82, 2.24) is 9.78 Å². The molecular formula is C13H12Cl2N2O2. The molecule has 2 rings (SSSR count). The maximum absolute atomic E-state index is 12.6. The van der Waals surface area contributed by atoms with Crippen molar-refractivity contribution in [3.63, 3.8) is 0 Å². The van der Waals surface area contributed by atoms with Crippen LogP contribution in [0.4, 0.5) is 0 Å². The lowest BCUT2D eigenvalue weighted by Crippen LogP contribution is -2.12. The van der Waals surface area contributed by atoms with Crippen molar-refractivity contribution in [2.45, 2.75) is 13.5 Å². The predicted molar refractivity (Wildman–Crippen MR) is 74.3 cm³/mol. The highest BCUT2D eigenvalue weighted by molar-refractivity contribution is 6.35. The summed E-state index contributed by atoms with van der Waals surface area (Å²) in [5, 5.41) is 4.82. The van der Waals surface area contributed by atoms with Crippen molar-refractivity contribution in [3.05, 3.63) is 45.7 Å². The highest BCUT2D eigenvalue weighted by Gasteiger charge is 2.22. The molecule has 0 radical (unpaired) electrons. The third-order valence-corrected chi connectivity index (χ3v) is 3.23. The number of hydrogen-bond acceptors (Lipinski definition) is 3. The molecule has 0 atom stereocenters. The molecule has 0 bridgehead atoms. The van der Waals surface area contributed by atoms with Gasteiger partial charge in [-0.2, -0.15) is 5.10 Å². The van der Waals surface area contributed by atoms with E-state index >= 15 is 0 Å². The Bertz CT molecular complexity index is 623. The zero-order chi connectivity index (χ0) is 14.0. The van der Waals surface area contributed by atoms with Crippen LogP contribution in [0.3, 0.4) is 0 Å². The van der Waals surface area contributed by atoms with E-state index in [1.807, 2.05) is 6.92 Å². The molecule has 0 amide bonds. The van der Waals surface area contributed by atoms with Gasteiger partial charge >= 0.3 is 0 Å². The van der Waals surface area contributed by atoms with Crippen molar-refractivity contribution in [1.29, 1.82) is 0 Å². The SMILES string of the molecule is CCn1ncc(Cl)c1C(=O)c1cc(Cl)ccc1OC. The van der Waals surface area contributed by atoms with Crippen molar-refractivity contribution >= 4 is 29.0 Å². The first-order valence-electron chi connectivity index (χ1n) is 5.68. The summed E-state index contributed by atoms with van der Waals surface area (Å²) >= 11 is 12.0. The molecule has 0 saturated carbocycles. The van der Waals surface area contributed by atoms with Gasteiger partial charge in [0.25, 0.3) is 0 Å². The minimum absolute atomic E-state index is 0.260. The molecule has 4 nitrogen and oxygen atoms in total. The van der Waals surface area contributed by atoms with Crippen molar-refractivity contribution in [2.24, 2.45) is 0 Å². The Labute approximate surface area is 120 Å². The number of ketones is 1. The number of aromatic nitrogens is 2. The van der Waals surface area contributed by atoms with E-state index in [-0.39, 0.29) is 5.78 Å². The van der Waals surface area contributed by atoms with Gasteiger partial charge < -0.3 is 4.74 Å². The van der Waals surface area contributed by atoms with Crippen LogP contribution in [0.1, 0.15) is 23.0 Å². The average molecular weight is 299 g/mol. The number of carbonyl (C=O) groups is 1. The Morgan fingerprint density at radius 1 is 1.42 bits per heavy atom. The van der Waals surface area contributed by atoms with Crippen LogP contribution < -0.4 is 4.74 Å². The number of nitrogens with zero attached hydrogens (tertiary/aromatic N) is 2. The largest absolute Gasteiger partial charge is 0.496 e. The number of halogens is 2. The first-order chi connectivity index (χ1) is 9.08. The van der Waals surface area contributed by atoms with Crippen LogP contribution in [-0.2, 0) is 6.54 Å². The molecule has 0 aliphatic carbocycles. The van der Waals surface area contributed by atoms with E-state index < -0.39 is 0 Å². The minimum Gasteiger partial charge on any atom is -0.496 e. The zero-order valence-corrected chi connectivity index (χ0v) is 12.0. The smallest absolute Gasteiger partial charge is 0.216 e. The molecule has 19 heavy (non-hydrogen) atoms. The van der Waals surface area contributed by atoms with Crippen molar-refractivity contribution in [3.8, 4) is 5.75 Å². The molecule has 100 valence electrons. The standard InChI is InChI=1S/C13H12Cl2N2O2/c1-3-17-12(10(15)7-16-17)13(18)9-6-8(14)4-5-11(9)19-2/h4-7H,3H2,1-2H3. The topological polar surface area (TPSA) is 44.1 Å². The molecule has 1 aromatic carbocycles. The van der Waals surface area contributed by atoms with E-state index in [1.165, 1.54) is 13.3 Å². The summed E-state index contributed by atoms with van der Waals surface area (Å²) in [5.41, 5.74) is 0.705. The first kappa shape index (κ1) is 13.9. The summed E-state index contributed by atoms with van der Waals surface area (Å²) in [5.74, 6) is 0.193. The molecule has 0 unspecified atom stereocenters. The number of ether oxygens (including phenoxy) is 1. The third-order valence-electron chi connectivity index (χ3n) is 2.72. The van der Waals surface area contributed by atoms with E-state index in [1.54, 1.807) is 22.9 Å². The summed E-state index contributed by atoms with van der Waals surface area (Å²) < 4.78 is 6.73. The fraction of sp³-hybridized carbons (Fsp3) is 0.231. The fourth-order valence-electron chi connectivity index (χ4n) is 1.81. The Balaban J connectivity index is 2.55. The molecule has 1 heterocycles. The number of aryl methyl sites for hydroxylation is 1. The van der Waals surface area contributed by atoms with Gasteiger partial charge in [-0.25, -0.2) is 0 Å². The van der Waals surface area contributed by atoms with Gasteiger partial charge in [0.1, 0.15) is 11.4 Å². The van der Waals surface area contributed by atoms with Crippen LogP contribution in [0.15, 0.2) is 24.4 Å². The summed E-state index contributed by atoms with van der Waals surface area (Å²) in [6.45, 7) is 2.44. The van der Waals surface area contributed by atoms with Gasteiger partial charge in [-0.15, -0.1) is 0 Å². The molecule has 0 fully saturated rings. The molecular weight excluding hydrogens is 287 g/mol. The predicted octanol–water partition coefficient (Wildman–Crippen LogP) is 3.45. The lowest BCUT2D eigenvalue weighted by atomic mass is 10.1. The second-order valence-electron chi connectivity index (χ2n) is 3.83. The number of hydrogen-bond donors (Lipinski definition) is 0. The Morgan fingerprint density at radius 2 is 2.16 bits per heavy atom. The monoisotopic (exact) mass is 298 g/mol. The number of carbonyl (C=O) groups excluding carboxylic acids is 1. The van der Waals surface area contributed by atoms with Crippen LogP contribution in [0, 0.1) is 0 Å². The van der Waals surface area contributed by atoms with E-state index in [0.29, 0.717) is 33.6 Å². The van der Waals surface area contributed by atoms with Crippen LogP contribution in [0.25, 0.3) is 0 Å². The van der Waals surface area contributed by atoms with Gasteiger partial charge in [0.15, 0.2) is 0 Å². The molecule has 0 spiro atoms. The van der Waals surface area contributed by atoms with Crippen LogP contribution in [-0.4, -0.2) is 22.7 Å². The second-order valence-corrected chi connectivity index (χ2v) is 4.67. The molecule has 0 saturated heterocycles. The zero-order valence-electron chi connectivity index (χ0n) is 10.5. The maximum atomic E-state index is 12.6. The summed E-state index contributed by atoms with van der Waals surface area (Å²) in [6, 6.07) is 4.87. The van der Waals surface area contributed by atoms with Gasteiger partial charge in [0, 0.05) is 11.6 Å². The Hall–Kier alpha value is -1.52. The van der Waals surface area contributed by atoms with Gasteiger partial charge in [-0.05, 0) is 25.1 Å². The quantitative estimate of drug-likeness (QED) is 0.812. The minimum atomic E-state index is -0.260. The van der Waals surface area contributed by atoms with E-state index in [0.717, 1.165) is 0 Å². The first-order valence-corrected chi connectivity index (χ1v) is 6.43. The molecule has 0 aliphatic heterocycles. The lowest BCUT2D eigenvalue weighted by molar-refractivity contribution is 0.102.